The Kier molecular flexibility index (Phi) is 5.44. The Bertz CT molecular complexity index is 773. The Morgan fingerprint density at radius 3 is 2.86 bits per heavy atom. The summed E-state index contributed by atoms with van der Waals surface area (Å²) in [5.41, 5.74) is 9.86. The third-order valence-corrected chi connectivity index (χ3v) is 3.59. The number of azide groups is 1. The van der Waals surface area contributed by atoms with Gasteiger partial charge in [0.1, 0.15) is 5.69 Å². The number of carbonyl (C=O) groups excluding carboxylic acids is 1. The van der Waals surface area contributed by atoms with Gasteiger partial charge in [-0.3, -0.25) is 0 Å². The molecule has 1 aromatic heterocycles. The highest BCUT2D eigenvalue weighted by molar-refractivity contribution is 6.38. The molecule has 114 valence electrons. The van der Waals surface area contributed by atoms with Crippen molar-refractivity contribution in [2.75, 3.05) is 13.7 Å². The molecule has 0 aliphatic heterocycles. The van der Waals surface area contributed by atoms with Crippen LogP contribution in [0.15, 0.2) is 23.3 Å². The Hall–Kier alpha value is -2.01. The zero-order valence-corrected chi connectivity index (χ0v) is 13.2. The quantitative estimate of drug-likeness (QED) is 0.263. The highest BCUT2D eigenvalue weighted by atomic mass is 35.5. The van der Waals surface area contributed by atoms with Crippen molar-refractivity contribution < 1.29 is 9.53 Å². The van der Waals surface area contributed by atoms with Crippen LogP contribution >= 0.6 is 23.2 Å². The van der Waals surface area contributed by atoms with Crippen molar-refractivity contribution in [1.29, 1.82) is 0 Å². The summed E-state index contributed by atoms with van der Waals surface area (Å²) >= 11 is 12.2. The van der Waals surface area contributed by atoms with E-state index < -0.39 is 5.97 Å². The lowest BCUT2D eigenvalue weighted by atomic mass is 10.0. The minimum atomic E-state index is -0.533. The van der Waals surface area contributed by atoms with E-state index in [1.54, 1.807) is 18.2 Å². The molecule has 6 nitrogen and oxygen atoms in total. The van der Waals surface area contributed by atoms with Crippen LogP contribution in [-0.2, 0) is 11.2 Å². The summed E-state index contributed by atoms with van der Waals surface area (Å²) < 4.78 is 4.71. The molecule has 1 heterocycles. The zero-order valence-electron chi connectivity index (χ0n) is 11.7. The predicted octanol–water partition coefficient (Wildman–Crippen LogP) is 4.57. The Morgan fingerprint density at radius 1 is 1.41 bits per heavy atom. The van der Waals surface area contributed by atoms with Gasteiger partial charge >= 0.3 is 5.97 Å². The molecule has 8 heteroatoms. The van der Waals surface area contributed by atoms with Gasteiger partial charge in [-0.1, -0.05) is 28.3 Å². The molecular formula is C14H12Cl2N4O2. The van der Waals surface area contributed by atoms with Gasteiger partial charge in [-0.2, -0.15) is 0 Å². The highest BCUT2D eigenvalue weighted by Gasteiger charge is 2.15. The molecule has 0 amide bonds. The smallest absolute Gasteiger partial charge is 0.356 e. The molecule has 2 aromatic rings. The number of aryl methyl sites for hydroxylation is 1. The van der Waals surface area contributed by atoms with E-state index >= 15 is 0 Å². The number of hydrogen-bond acceptors (Lipinski definition) is 4. The van der Waals surface area contributed by atoms with Crippen molar-refractivity contribution in [3.05, 3.63) is 49.9 Å². The molecule has 0 spiro atoms. The van der Waals surface area contributed by atoms with Crippen LogP contribution in [0.25, 0.3) is 21.3 Å². The molecule has 0 atom stereocenters. The molecule has 1 aromatic carbocycles. The number of nitrogens with zero attached hydrogens (tertiary/aromatic N) is 4. The Morgan fingerprint density at radius 2 is 2.18 bits per heavy atom. The lowest BCUT2D eigenvalue weighted by Gasteiger charge is -2.10. The van der Waals surface area contributed by atoms with Crippen molar-refractivity contribution in [2.45, 2.75) is 12.8 Å². The number of rotatable bonds is 5. The first-order chi connectivity index (χ1) is 10.6. The molecule has 0 bridgehead atoms. The first-order valence-corrected chi connectivity index (χ1v) is 7.20. The summed E-state index contributed by atoms with van der Waals surface area (Å²) in [4.78, 5) is 18.7. The van der Waals surface area contributed by atoms with E-state index in [0.717, 1.165) is 10.9 Å². The second-order valence-corrected chi connectivity index (χ2v) is 5.34. The fraction of sp³-hybridized carbons (Fsp3) is 0.286. The zero-order chi connectivity index (χ0) is 16.1. The average Bonchev–Trinajstić information content (AvgIpc) is 2.49. The summed E-state index contributed by atoms with van der Waals surface area (Å²) in [6.07, 6.45) is 1.21. The molecule has 0 N–H and O–H groups in total. The number of pyridine rings is 1. The number of halogens is 2. The first kappa shape index (κ1) is 16.4. The maximum Gasteiger partial charge on any atom is 0.356 e. The number of aromatic nitrogens is 1. The van der Waals surface area contributed by atoms with Crippen molar-refractivity contribution in [2.24, 2.45) is 5.11 Å². The van der Waals surface area contributed by atoms with Crippen LogP contribution in [0.4, 0.5) is 0 Å². The second kappa shape index (κ2) is 7.31. The van der Waals surface area contributed by atoms with E-state index in [-0.39, 0.29) is 5.69 Å². The lowest BCUT2D eigenvalue weighted by Crippen LogP contribution is -2.06. The molecule has 0 saturated carbocycles. The maximum atomic E-state index is 11.7. The Balaban J connectivity index is 2.53. The van der Waals surface area contributed by atoms with Gasteiger partial charge in [0.05, 0.1) is 17.6 Å². The third-order valence-electron chi connectivity index (χ3n) is 3.07. The molecule has 0 saturated heterocycles. The standard InChI is InChI=1S/C14H12Cl2N4O2/c1-22-14(21)12-5-8(3-2-4-18-20-17)13-10(16)6-9(15)7-11(13)19-12/h5-7H,2-4H2,1H3. The van der Waals surface area contributed by atoms with Gasteiger partial charge in [0.25, 0.3) is 0 Å². The monoisotopic (exact) mass is 338 g/mol. The van der Waals surface area contributed by atoms with E-state index in [1.807, 2.05) is 0 Å². The van der Waals surface area contributed by atoms with Gasteiger partial charge in [0.2, 0.25) is 0 Å². The summed E-state index contributed by atoms with van der Waals surface area (Å²) in [5, 5.41) is 5.13. The minimum Gasteiger partial charge on any atom is -0.464 e. The van der Waals surface area contributed by atoms with Crippen LogP contribution < -0.4 is 0 Å². The van der Waals surface area contributed by atoms with Crippen molar-refractivity contribution >= 4 is 40.1 Å². The van der Waals surface area contributed by atoms with E-state index in [0.29, 0.717) is 34.9 Å². The van der Waals surface area contributed by atoms with E-state index in [2.05, 4.69) is 15.0 Å². The fourth-order valence-corrected chi connectivity index (χ4v) is 2.76. The lowest BCUT2D eigenvalue weighted by molar-refractivity contribution is 0.0594. The van der Waals surface area contributed by atoms with Crippen LogP contribution in [0, 0.1) is 0 Å². The average molecular weight is 339 g/mol. The van der Waals surface area contributed by atoms with Gasteiger partial charge in [0.15, 0.2) is 0 Å². The third kappa shape index (κ3) is 3.60. The minimum absolute atomic E-state index is 0.187. The normalized spacial score (nSPS) is 10.3. The molecule has 0 aliphatic carbocycles. The number of fused-ring (bicyclic) bond motifs is 1. The van der Waals surface area contributed by atoms with Crippen LogP contribution in [0.1, 0.15) is 22.5 Å². The Labute approximate surface area is 136 Å². The van der Waals surface area contributed by atoms with E-state index in [4.69, 9.17) is 33.5 Å². The molecule has 0 fully saturated rings. The van der Waals surface area contributed by atoms with Crippen LogP contribution in [0.2, 0.25) is 10.0 Å². The van der Waals surface area contributed by atoms with Gasteiger partial charge in [-0.15, -0.1) is 0 Å². The summed E-state index contributed by atoms with van der Waals surface area (Å²) in [6.45, 7) is 0.360. The molecule has 2 rings (SSSR count). The SMILES string of the molecule is COC(=O)c1cc(CCCN=[N+]=[N-])c2c(Cl)cc(Cl)cc2n1. The number of ether oxygens (including phenoxy) is 1. The second-order valence-electron chi connectivity index (χ2n) is 4.50. The molecular weight excluding hydrogens is 327 g/mol. The van der Waals surface area contributed by atoms with Crippen molar-refractivity contribution in [1.82, 2.24) is 4.98 Å². The largest absolute Gasteiger partial charge is 0.464 e. The van der Waals surface area contributed by atoms with Crippen molar-refractivity contribution in [3.8, 4) is 0 Å². The number of esters is 1. The van der Waals surface area contributed by atoms with E-state index in [1.165, 1.54) is 7.11 Å². The molecule has 0 unspecified atom stereocenters. The van der Waals surface area contributed by atoms with Gasteiger partial charge in [-0.05, 0) is 42.1 Å². The van der Waals surface area contributed by atoms with Gasteiger partial charge < -0.3 is 4.74 Å². The summed E-state index contributed by atoms with van der Waals surface area (Å²) in [7, 11) is 1.29. The van der Waals surface area contributed by atoms with Crippen LogP contribution in [0.5, 0.6) is 0 Å². The van der Waals surface area contributed by atoms with Crippen LogP contribution in [0.3, 0.4) is 0 Å². The summed E-state index contributed by atoms with van der Waals surface area (Å²) in [5.74, 6) is -0.533. The molecule has 0 radical (unpaired) electrons. The highest BCUT2D eigenvalue weighted by Crippen LogP contribution is 2.31. The van der Waals surface area contributed by atoms with Gasteiger partial charge in [0, 0.05) is 21.9 Å². The van der Waals surface area contributed by atoms with Crippen LogP contribution in [-0.4, -0.2) is 24.6 Å². The number of methoxy groups -OCH3 is 1. The maximum absolute atomic E-state index is 11.7. The fourth-order valence-electron chi connectivity index (χ4n) is 2.16. The molecule has 0 aliphatic rings. The number of carbonyl (C=O) groups is 1. The topological polar surface area (TPSA) is 88.0 Å². The number of benzene rings is 1. The van der Waals surface area contributed by atoms with Crippen molar-refractivity contribution in [3.63, 3.8) is 0 Å². The van der Waals surface area contributed by atoms with E-state index in [9.17, 15) is 4.79 Å². The summed E-state index contributed by atoms with van der Waals surface area (Å²) in [6, 6.07) is 4.91. The predicted molar refractivity (Wildman–Crippen MR) is 85.4 cm³/mol. The number of hydrogen-bond donors (Lipinski definition) is 0. The first-order valence-electron chi connectivity index (χ1n) is 6.44. The van der Waals surface area contributed by atoms with Gasteiger partial charge in [-0.25, -0.2) is 9.78 Å². The molecule has 22 heavy (non-hydrogen) atoms.